The fraction of sp³-hybridized carbons (Fsp3) is 0.435. The van der Waals surface area contributed by atoms with Crippen molar-refractivity contribution in [2.75, 3.05) is 13.1 Å². The Bertz CT molecular complexity index is 820. The summed E-state index contributed by atoms with van der Waals surface area (Å²) in [6.07, 6.45) is -0.660. The van der Waals surface area contributed by atoms with Crippen molar-refractivity contribution in [1.29, 1.82) is 0 Å². The molecule has 0 bridgehead atoms. The molecule has 9 heteroatoms. The first-order valence-electron chi connectivity index (χ1n) is 10.3. The molecule has 0 aliphatic carbocycles. The zero-order chi connectivity index (χ0) is 22.6. The Morgan fingerprint density at radius 2 is 1.75 bits per heavy atom. The number of nitrogens with zero attached hydrogens (tertiary/aromatic N) is 1. The van der Waals surface area contributed by atoms with E-state index in [-0.39, 0.29) is 42.4 Å². The molecule has 0 saturated heterocycles. The second kappa shape index (κ2) is 15.0. The summed E-state index contributed by atoms with van der Waals surface area (Å²) in [4.78, 5) is 4.57. The maximum atomic E-state index is 12.2. The maximum absolute atomic E-state index is 12.2. The fourth-order valence-corrected chi connectivity index (χ4v) is 2.78. The largest absolute Gasteiger partial charge is 0.435 e. The number of alkyl halides is 2. The molecule has 178 valence electrons. The molecule has 0 fully saturated rings. The van der Waals surface area contributed by atoms with Crippen molar-refractivity contribution in [3.05, 3.63) is 65.2 Å². The van der Waals surface area contributed by atoms with E-state index >= 15 is 0 Å². The number of benzene rings is 2. The molecule has 0 spiro atoms. The Balaban J connectivity index is 0.00000512. The van der Waals surface area contributed by atoms with Gasteiger partial charge in [-0.2, -0.15) is 8.78 Å². The van der Waals surface area contributed by atoms with Crippen molar-refractivity contribution in [2.24, 2.45) is 4.99 Å². The maximum Gasteiger partial charge on any atom is 0.387 e. The zero-order valence-electron chi connectivity index (χ0n) is 18.6. The fourth-order valence-electron chi connectivity index (χ4n) is 2.78. The molecule has 0 heterocycles. The van der Waals surface area contributed by atoms with E-state index in [0.29, 0.717) is 31.2 Å². The van der Waals surface area contributed by atoms with Gasteiger partial charge in [-0.15, -0.1) is 24.0 Å². The minimum absolute atomic E-state index is 0. The summed E-state index contributed by atoms with van der Waals surface area (Å²) in [6.45, 7) is 5.00. The molecule has 2 aromatic carbocycles. The van der Waals surface area contributed by atoms with Gasteiger partial charge in [-0.25, -0.2) is 4.99 Å². The van der Waals surface area contributed by atoms with Crippen molar-refractivity contribution in [1.82, 2.24) is 10.6 Å². The Morgan fingerprint density at radius 1 is 1.06 bits per heavy atom. The number of halogens is 3. The summed E-state index contributed by atoms with van der Waals surface area (Å²) in [5.74, 6) is 0.623. The Morgan fingerprint density at radius 3 is 2.38 bits per heavy atom. The third-order valence-electron chi connectivity index (χ3n) is 4.29. The molecule has 6 nitrogen and oxygen atoms in total. The molecule has 2 rings (SSSR count). The van der Waals surface area contributed by atoms with Gasteiger partial charge >= 0.3 is 6.61 Å². The first-order valence-corrected chi connectivity index (χ1v) is 10.3. The van der Waals surface area contributed by atoms with Gasteiger partial charge in [-0.05, 0) is 49.6 Å². The molecule has 32 heavy (non-hydrogen) atoms. The smallest absolute Gasteiger partial charge is 0.387 e. The highest BCUT2D eigenvalue weighted by Crippen LogP contribution is 2.19. The van der Waals surface area contributed by atoms with E-state index in [4.69, 9.17) is 4.74 Å². The number of hydrogen-bond acceptors (Lipinski definition) is 4. The van der Waals surface area contributed by atoms with Gasteiger partial charge in [0.05, 0.1) is 25.4 Å². The van der Waals surface area contributed by atoms with Gasteiger partial charge in [0.15, 0.2) is 5.96 Å². The van der Waals surface area contributed by atoms with Crippen LogP contribution in [0.5, 0.6) is 5.75 Å². The van der Waals surface area contributed by atoms with Crippen LogP contribution >= 0.6 is 24.0 Å². The number of ether oxygens (including phenoxy) is 2. The van der Waals surface area contributed by atoms with Crippen molar-refractivity contribution >= 4 is 29.9 Å². The highest BCUT2D eigenvalue weighted by molar-refractivity contribution is 14.0. The summed E-state index contributed by atoms with van der Waals surface area (Å²) >= 11 is 0. The van der Waals surface area contributed by atoms with Crippen LogP contribution in [0.4, 0.5) is 8.78 Å². The number of rotatable bonds is 11. The lowest BCUT2D eigenvalue weighted by Crippen LogP contribution is -2.39. The average molecular weight is 563 g/mol. The Labute approximate surface area is 205 Å². The number of aliphatic imine (C=N–C) groups is 1. The van der Waals surface area contributed by atoms with E-state index in [9.17, 15) is 13.9 Å². The average Bonchev–Trinajstić information content (AvgIpc) is 2.74. The third-order valence-corrected chi connectivity index (χ3v) is 4.29. The second-order valence-corrected chi connectivity index (χ2v) is 7.22. The van der Waals surface area contributed by atoms with Crippen LogP contribution in [0, 0.1) is 0 Å². The SMILES string of the molecule is CCNC(=NCc1cccc(COC(C)C)c1)NCC(O)c1ccc(OC(F)F)cc1.I. The lowest BCUT2D eigenvalue weighted by atomic mass is 10.1. The second-order valence-electron chi connectivity index (χ2n) is 7.22. The first kappa shape index (κ1) is 28.1. The van der Waals surface area contributed by atoms with Crippen LogP contribution in [0.2, 0.25) is 0 Å². The van der Waals surface area contributed by atoms with Gasteiger partial charge in [-0.3, -0.25) is 0 Å². The molecular formula is C23H32F2IN3O3. The molecule has 2 aromatic rings. The standard InChI is InChI=1S/C23H31F2N3O3.HI/c1-4-26-23(27-13-17-6-5-7-18(12-17)15-30-16(2)3)28-14-21(29)19-8-10-20(11-9-19)31-22(24)25;/h5-12,16,21-22,29H,4,13-15H2,1-3H3,(H2,26,27,28);1H. The number of aliphatic hydroxyl groups is 1. The van der Waals surface area contributed by atoms with E-state index in [2.05, 4.69) is 26.4 Å². The van der Waals surface area contributed by atoms with Gasteiger partial charge in [0.25, 0.3) is 0 Å². The predicted molar refractivity (Wildman–Crippen MR) is 133 cm³/mol. The van der Waals surface area contributed by atoms with E-state index < -0.39 is 12.7 Å². The summed E-state index contributed by atoms with van der Waals surface area (Å²) in [5, 5.41) is 16.6. The molecule has 0 amide bonds. The minimum Gasteiger partial charge on any atom is -0.435 e. The molecule has 3 N–H and O–H groups in total. The van der Waals surface area contributed by atoms with Crippen molar-refractivity contribution in [3.8, 4) is 5.75 Å². The van der Waals surface area contributed by atoms with Gasteiger partial charge in [0.2, 0.25) is 0 Å². The van der Waals surface area contributed by atoms with Gasteiger partial charge in [-0.1, -0.05) is 36.4 Å². The number of aliphatic hydroxyl groups excluding tert-OH is 1. The van der Waals surface area contributed by atoms with Crippen LogP contribution in [-0.4, -0.2) is 36.9 Å². The van der Waals surface area contributed by atoms with Crippen LogP contribution in [0.1, 0.15) is 43.6 Å². The van der Waals surface area contributed by atoms with Gasteiger partial charge < -0.3 is 25.2 Å². The molecular weight excluding hydrogens is 531 g/mol. The van der Waals surface area contributed by atoms with E-state index in [0.717, 1.165) is 11.1 Å². The summed E-state index contributed by atoms with van der Waals surface area (Å²) in [5.41, 5.74) is 2.73. The lowest BCUT2D eigenvalue weighted by molar-refractivity contribution is -0.0498. The van der Waals surface area contributed by atoms with Gasteiger partial charge in [0.1, 0.15) is 5.75 Å². The minimum atomic E-state index is -2.88. The van der Waals surface area contributed by atoms with Crippen molar-refractivity contribution < 1.29 is 23.4 Å². The van der Waals surface area contributed by atoms with Crippen LogP contribution < -0.4 is 15.4 Å². The lowest BCUT2D eigenvalue weighted by Gasteiger charge is -2.16. The van der Waals surface area contributed by atoms with Crippen LogP contribution in [0.15, 0.2) is 53.5 Å². The molecule has 0 aliphatic rings. The highest BCUT2D eigenvalue weighted by Gasteiger charge is 2.10. The Kier molecular flexibility index (Phi) is 13.1. The van der Waals surface area contributed by atoms with E-state index in [1.165, 1.54) is 12.1 Å². The highest BCUT2D eigenvalue weighted by atomic mass is 127. The molecule has 0 aliphatic heterocycles. The quantitative estimate of drug-likeness (QED) is 0.212. The predicted octanol–water partition coefficient (Wildman–Crippen LogP) is 4.62. The van der Waals surface area contributed by atoms with Crippen LogP contribution in [0.3, 0.4) is 0 Å². The molecule has 0 radical (unpaired) electrons. The molecule has 0 aromatic heterocycles. The van der Waals surface area contributed by atoms with Gasteiger partial charge in [0, 0.05) is 13.1 Å². The molecule has 1 unspecified atom stereocenters. The van der Waals surface area contributed by atoms with Crippen LogP contribution in [-0.2, 0) is 17.9 Å². The first-order chi connectivity index (χ1) is 14.9. The molecule has 1 atom stereocenters. The summed E-state index contributed by atoms with van der Waals surface area (Å²) < 4.78 is 34.5. The number of guanidine groups is 1. The zero-order valence-corrected chi connectivity index (χ0v) is 20.9. The monoisotopic (exact) mass is 563 g/mol. The summed E-state index contributed by atoms with van der Waals surface area (Å²) in [7, 11) is 0. The van der Waals surface area contributed by atoms with E-state index in [1.807, 2.05) is 39.0 Å². The number of nitrogens with one attached hydrogen (secondary N) is 2. The Hall–Kier alpha value is -1.98. The van der Waals surface area contributed by atoms with Crippen molar-refractivity contribution in [3.63, 3.8) is 0 Å². The third kappa shape index (κ3) is 10.6. The topological polar surface area (TPSA) is 75.1 Å². The summed E-state index contributed by atoms with van der Waals surface area (Å²) in [6, 6.07) is 14.0. The van der Waals surface area contributed by atoms with E-state index in [1.54, 1.807) is 12.1 Å². The van der Waals surface area contributed by atoms with Crippen molar-refractivity contribution in [2.45, 2.75) is 52.7 Å². The normalized spacial score (nSPS) is 12.4. The molecule has 0 saturated carbocycles. The van der Waals surface area contributed by atoms with Crippen LogP contribution in [0.25, 0.3) is 0 Å². The number of hydrogen-bond donors (Lipinski definition) is 3.